The van der Waals surface area contributed by atoms with Crippen molar-refractivity contribution in [1.82, 2.24) is 9.97 Å². The lowest BCUT2D eigenvalue weighted by Crippen LogP contribution is -2.12. The van der Waals surface area contributed by atoms with Crippen LogP contribution in [0.5, 0.6) is 0 Å². The van der Waals surface area contributed by atoms with Gasteiger partial charge in [0, 0.05) is 5.69 Å². The SMILES string of the molecule is Cc1cccc(NC(=O)c2cccc3[nH]cnc23)c1. The molecule has 19 heavy (non-hydrogen) atoms. The van der Waals surface area contributed by atoms with Gasteiger partial charge in [-0.1, -0.05) is 18.2 Å². The smallest absolute Gasteiger partial charge is 0.257 e. The molecule has 1 aromatic heterocycles. The highest BCUT2D eigenvalue weighted by Crippen LogP contribution is 2.17. The molecule has 4 nitrogen and oxygen atoms in total. The lowest BCUT2D eigenvalue weighted by atomic mass is 10.1. The Hall–Kier alpha value is -2.62. The van der Waals surface area contributed by atoms with Crippen molar-refractivity contribution in [1.29, 1.82) is 0 Å². The van der Waals surface area contributed by atoms with Crippen LogP contribution in [-0.2, 0) is 0 Å². The molecule has 0 aliphatic carbocycles. The van der Waals surface area contributed by atoms with Gasteiger partial charge >= 0.3 is 0 Å². The minimum Gasteiger partial charge on any atom is -0.345 e. The normalized spacial score (nSPS) is 10.6. The Labute approximate surface area is 110 Å². The summed E-state index contributed by atoms with van der Waals surface area (Å²) in [5.74, 6) is -0.150. The van der Waals surface area contributed by atoms with Crippen LogP contribution in [-0.4, -0.2) is 15.9 Å². The highest BCUT2D eigenvalue weighted by atomic mass is 16.1. The fourth-order valence-corrected chi connectivity index (χ4v) is 2.07. The molecule has 0 saturated heterocycles. The predicted octanol–water partition coefficient (Wildman–Crippen LogP) is 3.12. The molecule has 0 atom stereocenters. The first kappa shape index (κ1) is 11.5. The number of fused-ring (bicyclic) bond motifs is 1. The van der Waals surface area contributed by atoms with Gasteiger partial charge in [-0.25, -0.2) is 4.98 Å². The molecule has 1 amide bonds. The zero-order valence-electron chi connectivity index (χ0n) is 10.5. The topological polar surface area (TPSA) is 57.8 Å². The Bertz CT molecular complexity index is 746. The van der Waals surface area contributed by atoms with Gasteiger partial charge in [0.15, 0.2) is 0 Å². The summed E-state index contributed by atoms with van der Waals surface area (Å²) in [5.41, 5.74) is 4.01. The van der Waals surface area contributed by atoms with Crippen molar-refractivity contribution in [2.24, 2.45) is 0 Å². The first-order valence-corrected chi connectivity index (χ1v) is 6.04. The fourth-order valence-electron chi connectivity index (χ4n) is 2.07. The Kier molecular flexibility index (Phi) is 2.76. The van der Waals surface area contributed by atoms with Gasteiger partial charge in [0.1, 0.15) is 5.52 Å². The van der Waals surface area contributed by atoms with Crippen molar-refractivity contribution in [2.45, 2.75) is 6.92 Å². The molecule has 0 aliphatic heterocycles. The van der Waals surface area contributed by atoms with Gasteiger partial charge in [-0.3, -0.25) is 4.79 Å². The molecule has 0 radical (unpaired) electrons. The number of aromatic amines is 1. The number of benzene rings is 2. The van der Waals surface area contributed by atoms with E-state index in [1.54, 1.807) is 12.4 Å². The Morgan fingerprint density at radius 1 is 1.21 bits per heavy atom. The number of rotatable bonds is 2. The number of amides is 1. The van der Waals surface area contributed by atoms with E-state index in [1.807, 2.05) is 43.3 Å². The van der Waals surface area contributed by atoms with Crippen LogP contribution in [0.25, 0.3) is 11.0 Å². The number of nitrogens with one attached hydrogen (secondary N) is 2. The zero-order valence-corrected chi connectivity index (χ0v) is 10.5. The van der Waals surface area contributed by atoms with E-state index < -0.39 is 0 Å². The van der Waals surface area contributed by atoms with E-state index >= 15 is 0 Å². The van der Waals surface area contributed by atoms with Gasteiger partial charge in [0.2, 0.25) is 0 Å². The largest absolute Gasteiger partial charge is 0.345 e. The van der Waals surface area contributed by atoms with Crippen molar-refractivity contribution < 1.29 is 4.79 Å². The third-order valence-electron chi connectivity index (χ3n) is 2.97. The molecule has 2 aromatic carbocycles. The van der Waals surface area contributed by atoms with Crippen molar-refractivity contribution in [3.8, 4) is 0 Å². The first-order valence-electron chi connectivity index (χ1n) is 6.04. The number of aryl methyl sites for hydroxylation is 1. The minimum atomic E-state index is -0.150. The number of hydrogen-bond donors (Lipinski definition) is 2. The number of para-hydroxylation sites is 1. The predicted molar refractivity (Wildman–Crippen MR) is 75.2 cm³/mol. The summed E-state index contributed by atoms with van der Waals surface area (Å²) in [6, 6.07) is 13.2. The summed E-state index contributed by atoms with van der Waals surface area (Å²) < 4.78 is 0. The van der Waals surface area contributed by atoms with Gasteiger partial charge in [0.25, 0.3) is 5.91 Å². The molecule has 3 rings (SSSR count). The molecule has 0 unspecified atom stereocenters. The zero-order chi connectivity index (χ0) is 13.2. The average molecular weight is 251 g/mol. The molecule has 0 bridgehead atoms. The molecule has 4 heteroatoms. The van der Waals surface area contributed by atoms with Crippen LogP contribution >= 0.6 is 0 Å². The minimum absolute atomic E-state index is 0.150. The summed E-state index contributed by atoms with van der Waals surface area (Å²) in [6.07, 6.45) is 1.59. The molecule has 94 valence electrons. The molecular weight excluding hydrogens is 238 g/mol. The average Bonchev–Trinajstić information content (AvgIpc) is 2.86. The number of aromatic nitrogens is 2. The first-order chi connectivity index (χ1) is 9.24. The summed E-state index contributed by atoms with van der Waals surface area (Å²) in [5, 5.41) is 2.89. The number of H-pyrrole nitrogens is 1. The third kappa shape index (κ3) is 2.20. The summed E-state index contributed by atoms with van der Waals surface area (Å²) in [7, 11) is 0. The van der Waals surface area contributed by atoms with Gasteiger partial charge in [0.05, 0.1) is 17.4 Å². The third-order valence-corrected chi connectivity index (χ3v) is 2.97. The highest BCUT2D eigenvalue weighted by molar-refractivity contribution is 6.11. The highest BCUT2D eigenvalue weighted by Gasteiger charge is 2.11. The van der Waals surface area contributed by atoms with Crippen molar-refractivity contribution in [3.05, 3.63) is 59.9 Å². The van der Waals surface area contributed by atoms with Gasteiger partial charge in [-0.2, -0.15) is 0 Å². The Morgan fingerprint density at radius 3 is 2.89 bits per heavy atom. The number of hydrogen-bond acceptors (Lipinski definition) is 2. The molecule has 3 aromatic rings. The van der Waals surface area contributed by atoms with Gasteiger partial charge in [-0.05, 0) is 36.8 Å². The standard InChI is InChI=1S/C15H13N3O/c1-10-4-2-5-11(8-10)18-15(19)12-6-3-7-13-14(12)17-9-16-13/h2-9H,1H3,(H,16,17)(H,18,19). The van der Waals surface area contributed by atoms with E-state index in [0.717, 1.165) is 16.8 Å². The van der Waals surface area contributed by atoms with Crippen LogP contribution in [0.4, 0.5) is 5.69 Å². The quantitative estimate of drug-likeness (QED) is 0.735. The van der Waals surface area contributed by atoms with Crippen molar-refractivity contribution >= 4 is 22.6 Å². The number of imidazole rings is 1. The molecular formula is C15H13N3O. The lowest BCUT2D eigenvalue weighted by molar-refractivity contribution is 0.102. The molecule has 0 aliphatic rings. The molecule has 0 spiro atoms. The summed E-state index contributed by atoms with van der Waals surface area (Å²) >= 11 is 0. The maximum Gasteiger partial charge on any atom is 0.257 e. The second-order valence-electron chi connectivity index (χ2n) is 4.43. The summed E-state index contributed by atoms with van der Waals surface area (Å²) in [6.45, 7) is 1.99. The van der Waals surface area contributed by atoms with E-state index in [-0.39, 0.29) is 5.91 Å². The van der Waals surface area contributed by atoms with E-state index in [9.17, 15) is 4.79 Å². The maximum absolute atomic E-state index is 12.3. The van der Waals surface area contributed by atoms with Crippen LogP contribution in [0, 0.1) is 6.92 Å². The van der Waals surface area contributed by atoms with E-state index in [1.165, 1.54) is 0 Å². The Balaban J connectivity index is 1.94. The van der Waals surface area contributed by atoms with Crippen molar-refractivity contribution in [3.63, 3.8) is 0 Å². The van der Waals surface area contributed by atoms with Crippen LogP contribution in [0.2, 0.25) is 0 Å². The van der Waals surface area contributed by atoms with E-state index in [2.05, 4.69) is 15.3 Å². The lowest BCUT2D eigenvalue weighted by Gasteiger charge is -2.06. The molecule has 1 heterocycles. The second-order valence-corrected chi connectivity index (χ2v) is 4.43. The van der Waals surface area contributed by atoms with Crippen molar-refractivity contribution in [2.75, 3.05) is 5.32 Å². The Morgan fingerprint density at radius 2 is 2.05 bits per heavy atom. The van der Waals surface area contributed by atoms with Gasteiger partial charge in [-0.15, -0.1) is 0 Å². The van der Waals surface area contributed by atoms with Crippen LogP contribution in [0.3, 0.4) is 0 Å². The number of anilines is 1. The number of nitrogens with zero attached hydrogens (tertiary/aromatic N) is 1. The van der Waals surface area contributed by atoms with Crippen LogP contribution < -0.4 is 5.32 Å². The fraction of sp³-hybridized carbons (Fsp3) is 0.0667. The van der Waals surface area contributed by atoms with Crippen LogP contribution in [0.1, 0.15) is 15.9 Å². The van der Waals surface area contributed by atoms with Gasteiger partial charge < -0.3 is 10.3 Å². The van der Waals surface area contributed by atoms with Crippen LogP contribution in [0.15, 0.2) is 48.8 Å². The monoisotopic (exact) mass is 251 g/mol. The van der Waals surface area contributed by atoms with E-state index in [0.29, 0.717) is 11.1 Å². The number of carbonyl (C=O) groups is 1. The molecule has 0 fully saturated rings. The summed E-state index contributed by atoms with van der Waals surface area (Å²) in [4.78, 5) is 19.5. The van der Waals surface area contributed by atoms with E-state index in [4.69, 9.17) is 0 Å². The number of carbonyl (C=O) groups excluding carboxylic acids is 1. The molecule has 2 N–H and O–H groups in total. The molecule has 0 saturated carbocycles. The second kappa shape index (κ2) is 4.57. The maximum atomic E-state index is 12.3.